The molecule has 0 spiro atoms. The van der Waals surface area contributed by atoms with Crippen molar-refractivity contribution in [2.24, 2.45) is 0 Å². The Morgan fingerprint density at radius 3 is 2.74 bits per heavy atom. The van der Waals surface area contributed by atoms with Gasteiger partial charge in [-0.1, -0.05) is 30.9 Å². The van der Waals surface area contributed by atoms with Gasteiger partial charge >= 0.3 is 0 Å². The van der Waals surface area contributed by atoms with E-state index in [1.54, 1.807) is 6.07 Å². The van der Waals surface area contributed by atoms with Crippen molar-refractivity contribution >= 4 is 17.3 Å². The first kappa shape index (κ1) is 12.4. The minimum absolute atomic E-state index is 0.382. The number of hydrogen-bond acceptors (Lipinski definition) is 4. The molecule has 0 aliphatic heterocycles. The molecule has 6 heteroatoms. The molecular formula is C13H16ClN5. The number of nitrogens with two attached hydrogens (primary N) is 1. The highest BCUT2D eigenvalue weighted by atomic mass is 35.5. The van der Waals surface area contributed by atoms with Crippen LogP contribution in [0.3, 0.4) is 0 Å². The molecule has 2 N–H and O–H groups in total. The first-order valence-corrected chi connectivity index (χ1v) is 6.97. The zero-order valence-electron chi connectivity index (χ0n) is 10.6. The maximum Gasteiger partial charge on any atom is 0.183 e. The van der Waals surface area contributed by atoms with Crippen LogP contribution < -0.4 is 5.73 Å². The summed E-state index contributed by atoms with van der Waals surface area (Å²) in [7, 11) is 0. The Morgan fingerprint density at radius 1 is 1.21 bits per heavy atom. The maximum atomic E-state index is 6.24. The standard InChI is InChI=1S/C13H16ClN5/c14-12-8-9(15)6-7-11(12)13-16-17-18-19(13)10-4-2-1-3-5-10/h6-8,10H,1-5,15H2. The van der Waals surface area contributed by atoms with Crippen LogP contribution in [0.1, 0.15) is 38.1 Å². The van der Waals surface area contributed by atoms with Gasteiger partial charge in [0.05, 0.1) is 11.1 Å². The molecule has 1 saturated carbocycles. The van der Waals surface area contributed by atoms with Gasteiger partial charge < -0.3 is 5.73 Å². The second-order valence-electron chi connectivity index (χ2n) is 4.98. The minimum atomic E-state index is 0.382. The smallest absolute Gasteiger partial charge is 0.183 e. The van der Waals surface area contributed by atoms with E-state index in [4.69, 9.17) is 17.3 Å². The summed E-state index contributed by atoms with van der Waals surface area (Å²) < 4.78 is 1.91. The Morgan fingerprint density at radius 2 is 2.00 bits per heavy atom. The summed E-state index contributed by atoms with van der Waals surface area (Å²) in [6, 6.07) is 5.81. The van der Waals surface area contributed by atoms with Crippen LogP contribution >= 0.6 is 11.6 Å². The van der Waals surface area contributed by atoms with Crippen LogP contribution in [0.4, 0.5) is 5.69 Å². The number of nitrogens with zero attached hydrogens (tertiary/aromatic N) is 4. The molecule has 100 valence electrons. The fourth-order valence-corrected chi connectivity index (χ4v) is 2.93. The normalized spacial score (nSPS) is 16.7. The van der Waals surface area contributed by atoms with Crippen LogP contribution in [-0.4, -0.2) is 20.2 Å². The van der Waals surface area contributed by atoms with E-state index in [-0.39, 0.29) is 0 Å². The summed E-state index contributed by atoms with van der Waals surface area (Å²) in [6.07, 6.45) is 6.03. The SMILES string of the molecule is Nc1ccc(-c2nnnn2C2CCCCC2)c(Cl)c1. The Labute approximate surface area is 116 Å². The Bertz CT molecular complexity index is 574. The number of nitrogen functional groups attached to an aromatic ring is 1. The van der Waals surface area contributed by atoms with Crippen molar-refractivity contribution in [3.05, 3.63) is 23.2 Å². The van der Waals surface area contributed by atoms with E-state index in [1.165, 1.54) is 19.3 Å². The van der Waals surface area contributed by atoms with Crippen LogP contribution in [0.15, 0.2) is 18.2 Å². The molecule has 3 rings (SSSR count). The van der Waals surface area contributed by atoms with Gasteiger partial charge in [-0.3, -0.25) is 0 Å². The average molecular weight is 278 g/mol. The number of aromatic nitrogens is 4. The van der Waals surface area contributed by atoms with Gasteiger partial charge in [-0.05, 0) is 41.5 Å². The number of halogens is 1. The van der Waals surface area contributed by atoms with Crippen LogP contribution in [0.25, 0.3) is 11.4 Å². The highest BCUT2D eigenvalue weighted by Crippen LogP contribution is 2.33. The van der Waals surface area contributed by atoms with E-state index < -0.39 is 0 Å². The van der Waals surface area contributed by atoms with E-state index in [2.05, 4.69) is 15.5 Å². The quantitative estimate of drug-likeness (QED) is 0.857. The fraction of sp³-hybridized carbons (Fsp3) is 0.462. The predicted octanol–water partition coefficient (Wildman–Crippen LogP) is 3.08. The van der Waals surface area contributed by atoms with Crippen molar-refractivity contribution in [1.82, 2.24) is 20.2 Å². The number of benzene rings is 1. The minimum Gasteiger partial charge on any atom is -0.399 e. The van der Waals surface area contributed by atoms with Crippen LogP contribution in [0.5, 0.6) is 0 Å². The lowest BCUT2D eigenvalue weighted by Gasteiger charge is -2.22. The third kappa shape index (κ3) is 2.42. The molecular weight excluding hydrogens is 262 g/mol. The second-order valence-corrected chi connectivity index (χ2v) is 5.39. The molecule has 19 heavy (non-hydrogen) atoms. The number of rotatable bonds is 2. The lowest BCUT2D eigenvalue weighted by atomic mass is 9.95. The maximum absolute atomic E-state index is 6.24. The molecule has 0 saturated heterocycles. The molecule has 5 nitrogen and oxygen atoms in total. The van der Waals surface area contributed by atoms with Crippen LogP contribution in [-0.2, 0) is 0 Å². The van der Waals surface area contributed by atoms with E-state index in [0.29, 0.717) is 16.8 Å². The third-order valence-electron chi connectivity index (χ3n) is 3.65. The van der Waals surface area contributed by atoms with Crippen molar-refractivity contribution in [3.63, 3.8) is 0 Å². The fourth-order valence-electron chi connectivity index (χ4n) is 2.66. The lowest BCUT2D eigenvalue weighted by Crippen LogP contribution is -2.15. The Kier molecular flexibility index (Phi) is 3.38. The summed E-state index contributed by atoms with van der Waals surface area (Å²) in [5.41, 5.74) is 7.20. The summed E-state index contributed by atoms with van der Waals surface area (Å²) in [5.74, 6) is 0.733. The number of anilines is 1. The lowest BCUT2D eigenvalue weighted by molar-refractivity contribution is 0.327. The van der Waals surface area contributed by atoms with Gasteiger partial charge in [-0.15, -0.1) is 5.10 Å². The Hall–Kier alpha value is -1.62. The zero-order valence-corrected chi connectivity index (χ0v) is 11.3. The van der Waals surface area contributed by atoms with Crippen LogP contribution in [0.2, 0.25) is 5.02 Å². The van der Waals surface area contributed by atoms with Crippen molar-refractivity contribution < 1.29 is 0 Å². The van der Waals surface area contributed by atoms with Crippen LogP contribution in [0, 0.1) is 0 Å². The third-order valence-corrected chi connectivity index (χ3v) is 3.96. The molecule has 2 aromatic rings. The molecule has 0 radical (unpaired) electrons. The molecule has 1 aromatic carbocycles. The van der Waals surface area contributed by atoms with Gasteiger partial charge in [-0.2, -0.15) is 0 Å². The molecule has 1 heterocycles. The summed E-state index contributed by atoms with van der Waals surface area (Å²) in [6.45, 7) is 0. The molecule has 1 fully saturated rings. The van der Waals surface area contributed by atoms with Crippen molar-refractivity contribution in [3.8, 4) is 11.4 Å². The first-order chi connectivity index (χ1) is 9.25. The highest BCUT2D eigenvalue weighted by Gasteiger charge is 2.21. The second kappa shape index (κ2) is 5.17. The molecule has 0 bridgehead atoms. The van der Waals surface area contributed by atoms with Gasteiger partial charge in [0.15, 0.2) is 5.82 Å². The van der Waals surface area contributed by atoms with Gasteiger partial charge in [-0.25, -0.2) is 4.68 Å². The van der Waals surface area contributed by atoms with Gasteiger partial charge in [0.2, 0.25) is 0 Å². The van der Waals surface area contributed by atoms with Crippen molar-refractivity contribution in [2.75, 3.05) is 5.73 Å². The van der Waals surface area contributed by atoms with Crippen molar-refractivity contribution in [1.29, 1.82) is 0 Å². The van der Waals surface area contributed by atoms with Gasteiger partial charge in [0, 0.05) is 11.3 Å². The van der Waals surface area contributed by atoms with E-state index in [9.17, 15) is 0 Å². The van der Waals surface area contributed by atoms with E-state index in [0.717, 1.165) is 24.2 Å². The summed E-state index contributed by atoms with van der Waals surface area (Å²) in [4.78, 5) is 0. The summed E-state index contributed by atoms with van der Waals surface area (Å²) >= 11 is 6.24. The average Bonchev–Trinajstić information content (AvgIpc) is 2.89. The molecule has 0 unspecified atom stereocenters. The zero-order chi connectivity index (χ0) is 13.2. The van der Waals surface area contributed by atoms with Crippen molar-refractivity contribution in [2.45, 2.75) is 38.1 Å². The highest BCUT2D eigenvalue weighted by molar-refractivity contribution is 6.33. The first-order valence-electron chi connectivity index (χ1n) is 6.59. The molecule has 1 aromatic heterocycles. The molecule has 1 aliphatic rings. The largest absolute Gasteiger partial charge is 0.399 e. The molecule has 0 atom stereocenters. The molecule has 0 amide bonds. The van der Waals surface area contributed by atoms with E-state index in [1.807, 2.05) is 16.8 Å². The summed E-state index contributed by atoms with van der Waals surface area (Å²) in [5, 5.41) is 12.7. The number of hydrogen-bond donors (Lipinski definition) is 1. The van der Waals surface area contributed by atoms with E-state index >= 15 is 0 Å². The van der Waals surface area contributed by atoms with Gasteiger partial charge in [0.1, 0.15) is 0 Å². The predicted molar refractivity (Wildman–Crippen MR) is 74.8 cm³/mol. The number of tetrazole rings is 1. The molecule has 1 aliphatic carbocycles. The monoisotopic (exact) mass is 277 g/mol. The Balaban J connectivity index is 1.99. The van der Waals surface area contributed by atoms with Gasteiger partial charge in [0.25, 0.3) is 0 Å². The topological polar surface area (TPSA) is 69.6 Å².